The van der Waals surface area contributed by atoms with Crippen LogP contribution in [0.4, 0.5) is 0 Å². The Morgan fingerprint density at radius 3 is 2.23 bits per heavy atom. The van der Waals surface area contributed by atoms with Gasteiger partial charge in [-0.05, 0) is 44.0 Å². The van der Waals surface area contributed by atoms with Crippen molar-refractivity contribution in [3.63, 3.8) is 0 Å². The number of nitrogens with zero attached hydrogens (tertiary/aromatic N) is 1. The molecular weight excluding hydrogens is 270 g/mol. The van der Waals surface area contributed by atoms with Crippen LogP contribution in [-0.4, -0.2) is 30.1 Å². The van der Waals surface area contributed by atoms with Gasteiger partial charge in [0.25, 0.3) is 0 Å². The molecule has 2 heteroatoms. The van der Waals surface area contributed by atoms with Gasteiger partial charge in [-0.1, -0.05) is 60.7 Å². The first-order valence-corrected chi connectivity index (χ1v) is 8.10. The van der Waals surface area contributed by atoms with Gasteiger partial charge in [0, 0.05) is 12.5 Å². The van der Waals surface area contributed by atoms with Gasteiger partial charge in [-0.25, -0.2) is 0 Å². The average molecular weight is 295 g/mol. The van der Waals surface area contributed by atoms with E-state index in [1.54, 1.807) is 0 Å². The van der Waals surface area contributed by atoms with Crippen molar-refractivity contribution in [3.05, 3.63) is 71.8 Å². The molecule has 0 saturated carbocycles. The fourth-order valence-corrected chi connectivity index (χ4v) is 3.77. The van der Waals surface area contributed by atoms with Gasteiger partial charge in [0.15, 0.2) is 0 Å². The SMILES string of the molecule is CN1CCC(c2ccccc2)C(C(C)(O)c2ccccc2)C1. The van der Waals surface area contributed by atoms with E-state index in [1.807, 2.05) is 37.3 Å². The molecule has 3 unspecified atom stereocenters. The zero-order valence-corrected chi connectivity index (χ0v) is 13.4. The molecule has 2 aromatic carbocycles. The van der Waals surface area contributed by atoms with Gasteiger partial charge in [-0.3, -0.25) is 0 Å². The van der Waals surface area contributed by atoms with Crippen LogP contribution in [0.1, 0.15) is 30.4 Å². The zero-order valence-electron chi connectivity index (χ0n) is 13.4. The Morgan fingerprint density at radius 2 is 1.59 bits per heavy atom. The lowest BCUT2D eigenvalue weighted by Gasteiger charge is -2.45. The van der Waals surface area contributed by atoms with Crippen LogP contribution in [0.25, 0.3) is 0 Å². The van der Waals surface area contributed by atoms with Crippen LogP contribution in [-0.2, 0) is 5.60 Å². The van der Waals surface area contributed by atoms with Crippen LogP contribution in [0.15, 0.2) is 60.7 Å². The summed E-state index contributed by atoms with van der Waals surface area (Å²) >= 11 is 0. The van der Waals surface area contributed by atoms with Crippen molar-refractivity contribution in [2.24, 2.45) is 5.92 Å². The molecule has 116 valence electrons. The van der Waals surface area contributed by atoms with Gasteiger partial charge >= 0.3 is 0 Å². The van der Waals surface area contributed by atoms with Crippen molar-refractivity contribution >= 4 is 0 Å². The molecule has 2 aromatic rings. The van der Waals surface area contributed by atoms with Gasteiger partial charge in [0.05, 0.1) is 5.60 Å². The molecule has 0 spiro atoms. The maximum Gasteiger partial charge on any atom is 0.0914 e. The Labute approximate surface area is 133 Å². The number of benzene rings is 2. The molecule has 1 aliphatic rings. The molecule has 2 nitrogen and oxygen atoms in total. The minimum absolute atomic E-state index is 0.191. The predicted molar refractivity (Wildman–Crippen MR) is 90.8 cm³/mol. The van der Waals surface area contributed by atoms with Crippen molar-refractivity contribution in [1.82, 2.24) is 4.90 Å². The van der Waals surface area contributed by atoms with E-state index in [0.29, 0.717) is 5.92 Å². The third kappa shape index (κ3) is 2.94. The van der Waals surface area contributed by atoms with E-state index < -0.39 is 5.60 Å². The molecule has 0 radical (unpaired) electrons. The molecule has 22 heavy (non-hydrogen) atoms. The first kappa shape index (κ1) is 15.3. The fourth-order valence-electron chi connectivity index (χ4n) is 3.77. The molecular formula is C20H25NO. The number of hydrogen-bond acceptors (Lipinski definition) is 2. The minimum atomic E-state index is -0.823. The molecule has 1 fully saturated rings. The van der Waals surface area contributed by atoms with E-state index in [4.69, 9.17) is 0 Å². The van der Waals surface area contributed by atoms with Crippen molar-refractivity contribution < 1.29 is 5.11 Å². The molecule has 0 aliphatic carbocycles. The smallest absolute Gasteiger partial charge is 0.0914 e. The van der Waals surface area contributed by atoms with Crippen molar-refractivity contribution in [2.75, 3.05) is 20.1 Å². The van der Waals surface area contributed by atoms with Crippen LogP contribution in [0, 0.1) is 5.92 Å². The van der Waals surface area contributed by atoms with E-state index in [9.17, 15) is 5.11 Å². The Morgan fingerprint density at radius 1 is 1.00 bits per heavy atom. The molecule has 0 amide bonds. The lowest BCUT2D eigenvalue weighted by molar-refractivity contribution is -0.0447. The van der Waals surface area contributed by atoms with Crippen LogP contribution in [0.5, 0.6) is 0 Å². The summed E-state index contributed by atoms with van der Waals surface area (Å²) in [6.07, 6.45) is 1.09. The zero-order chi connectivity index (χ0) is 15.6. The molecule has 0 aromatic heterocycles. The number of piperidine rings is 1. The van der Waals surface area contributed by atoms with Gasteiger partial charge in [-0.15, -0.1) is 0 Å². The van der Waals surface area contributed by atoms with E-state index in [0.717, 1.165) is 25.1 Å². The molecule has 3 rings (SSSR count). The van der Waals surface area contributed by atoms with Crippen LogP contribution in [0.3, 0.4) is 0 Å². The van der Waals surface area contributed by atoms with E-state index in [1.165, 1.54) is 5.56 Å². The first-order valence-electron chi connectivity index (χ1n) is 8.10. The average Bonchev–Trinajstić information content (AvgIpc) is 2.56. The maximum absolute atomic E-state index is 11.3. The van der Waals surface area contributed by atoms with E-state index >= 15 is 0 Å². The quantitative estimate of drug-likeness (QED) is 0.934. The first-order chi connectivity index (χ1) is 10.6. The fraction of sp³-hybridized carbons (Fsp3) is 0.400. The second kappa shape index (κ2) is 6.23. The van der Waals surface area contributed by atoms with Gasteiger partial charge in [0.1, 0.15) is 0 Å². The number of aliphatic hydroxyl groups is 1. The summed E-state index contributed by atoms with van der Waals surface area (Å²) in [5.74, 6) is 0.587. The van der Waals surface area contributed by atoms with E-state index in [2.05, 4.69) is 42.3 Å². The summed E-state index contributed by atoms with van der Waals surface area (Å²) in [5.41, 5.74) is 1.53. The van der Waals surface area contributed by atoms with Gasteiger partial charge in [-0.2, -0.15) is 0 Å². The third-order valence-electron chi connectivity index (χ3n) is 5.12. The summed E-state index contributed by atoms with van der Waals surface area (Å²) in [4.78, 5) is 2.33. The Bertz CT molecular complexity index is 594. The molecule has 1 aliphatic heterocycles. The summed E-state index contributed by atoms with van der Waals surface area (Å²) in [7, 11) is 2.15. The predicted octanol–water partition coefficient (Wildman–Crippen LogP) is 3.63. The number of rotatable bonds is 3. The van der Waals surface area contributed by atoms with Crippen molar-refractivity contribution in [1.29, 1.82) is 0 Å². The Kier molecular flexibility index (Phi) is 4.32. The maximum atomic E-state index is 11.3. The number of likely N-dealkylation sites (tertiary alicyclic amines) is 1. The summed E-state index contributed by atoms with van der Waals surface area (Å²) in [6, 6.07) is 20.7. The summed E-state index contributed by atoms with van der Waals surface area (Å²) in [5, 5.41) is 11.3. The van der Waals surface area contributed by atoms with Crippen molar-refractivity contribution in [2.45, 2.75) is 24.9 Å². The molecule has 3 atom stereocenters. The second-order valence-corrected chi connectivity index (χ2v) is 6.69. The monoisotopic (exact) mass is 295 g/mol. The summed E-state index contributed by atoms with van der Waals surface area (Å²) in [6.45, 7) is 3.98. The normalized spacial score (nSPS) is 25.6. The third-order valence-corrected chi connectivity index (χ3v) is 5.12. The largest absolute Gasteiger partial charge is 0.385 e. The van der Waals surface area contributed by atoms with E-state index in [-0.39, 0.29) is 5.92 Å². The summed E-state index contributed by atoms with van der Waals surface area (Å²) < 4.78 is 0. The van der Waals surface area contributed by atoms with Crippen LogP contribution >= 0.6 is 0 Å². The highest BCUT2D eigenvalue weighted by Gasteiger charge is 2.42. The Balaban J connectivity index is 1.97. The molecule has 1 N–H and O–H groups in total. The van der Waals surface area contributed by atoms with Gasteiger partial charge in [0.2, 0.25) is 0 Å². The topological polar surface area (TPSA) is 23.5 Å². The van der Waals surface area contributed by atoms with Crippen LogP contribution in [0.2, 0.25) is 0 Å². The standard InChI is InChI=1S/C20H25NO/c1-20(22,17-11-7-4-8-12-17)19-15-21(2)14-13-18(19)16-9-5-3-6-10-16/h3-12,18-19,22H,13-15H2,1-2H3. The van der Waals surface area contributed by atoms with Crippen LogP contribution < -0.4 is 0 Å². The molecule has 1 heterocycles. The lowest BCUT2D eigenvalue weighted by Crippen LogP contribution is -2.47. The highest BCUT2D eigenvalue weighted by atomic mass is 16.3. The minimum Gasteiger partial charge on any atom is -0.385 e. The lowest BCUT2D eigenvalue weighted by atomic mass is 9.69. The second-order valence-electron chi connectivity index (χ2n) is 6.69. The molecule has 0 bridgehead atoms. The highest BCUT2D eigenvalue weighted by Crippen LogP contribution is 2.43. The number of hydrogen-bond donors (Lipinski definition) is 1. The Hall–Kier alpha value is -1.64. The molecule has 1 saturated heterocycles. The van der Waals surface area contributed by atoms with Gasteiger partial charge < -0.3 is 10.0 Å². The highest BCUT2D eigenvalue weighted by molar-refractivity contribution is 5.28. The van der Waals surface area contributed by atoms with Crippen molar-refractivity contribution in [3.8, 4) is 0 Å².